The Morgan fingerprint density at radius 3 is 2.96 bits per heavy atom. The number of nitrogens with zero attached hydrogens (tertiary/aromatic N) is 2. The fourth-order valence-electron chi connectivity index (χ4n) is 2.70. The molecule has 126 valence electrons. The van der Waals surface area contributed by atoms with E-state index < -0.39 is 0 Å². The van der Waals surface area contributed by atoms with Crippen molar-refractivity contribution in [2.45, 2.75) is 25.8 Å². The minimum absolute atomic E-state index is 0.189. The van der Waals surface area contributed by atoms with E-state index in [9.17, 15) is 9.59 Å². The zero-order valence-corrected chi connectivity index (χ0v) is 13.8. The van der Waals surface area contributed by atoms with Crippen LogP contribution in [0.3, 0.4) is 0 Å². The largest absolute Gasteiger partial charge is 0.368 e. The molecule has 2 amide bonds. The van der Waals surface area contributed by atoms with Gasteiger partial charge in [-0.2, -0.15) is 5.26 Å². The molecule has 0 unspecified atom stereocenters. The fourth-order valence-corrected chi connectivity index (χ4v) is 2.70. The molecule has 0 fully saturated rings. The van der Waals surface area contributed by atoms with E-state index in [2.05, 4.69) is 16.3 Å². The molecule has 3 N–H and O–H groups in total. The molecule has 1 aromatic carbocycles. The number of nitrogens with two attached hydrogens (primary N) is 1. The summed E-state index contributed by atoms with van der Waals surface area (Å²) >= 11 is 0. The third-order valence-corrected chi connectivity index (χ3v) is 4.20. The van der Waals surface area contributed by atoms with Crippen molar-refractivity contribution in [2.75, 3.05) is 19.6 Å². The molecular weight excluding hydrogens is 304 g/mol. The monoisotopic (exact) mass is 326 g/mol. The molecule has 1 aliphatic rings. The predicted molar refractivity (Wildman–Crippen MR) is 91.0 cm³/mol. The number of benzene rings is 1. The normalized spacial score (nSPS) is 15.9. The highest BCUT2D eigenvalue weighted by Crippen LogP contribution is 2.15. The summed E-state index contributed by atoms with van der Waals surface area (Å²) in [5.74, 6) is -0.507. The molecule has 0 bridgehead atoms. The lowest BCUT2D eigenvalue weighted by molar-refractivity contribution is -0.122. The van der Waals surface area contributed by atoms with E-state index in [1.807, 2.05) is 13.0 Å². The van der Waals surface area contributed by atoms with Crippen LogP contribution < -0.4 is 11.1 Å². The number of hydrogen-bond donors (Lipinski definition) is 2. The Kier molecular flexibility index (Phi) is 6.10. The van der Waals surface area contributed by atoms with Crippen LogP contribution in [0.15, 0.2) is 35.9 Å². The maximum absolute atomic E-state index is 12.1. The fraction of sp³-hybridized carbons (Fsp3) is 0.389. The first-order chi connectivity index (χ1) is 11.5. The van der Waals surface area contributed by atoms with E-state index in [1.165, 1.54) is 5.57 Å². The van der Waals surface area contributed by atoms with E-state index in [4.69, 9.17) is 11.0 Å². The molecule has 1 heterocycles. The van der Waals surface area contributed by atoms with E-state index in [1.54, 1.807) is 24.3 Å². The van der Waals surface area contributed by atoms with Gasteiger partial charge < -0.3 is 11.1 Å². The molecule has 0 aromatic heterocycles. The summed E-state index contributed by atoms with van der Waals surface area (Å²) < 4.78 is 0. The van der Waals surface area contributed by atoms with Gasteiger partial charge in [-0.1, -0.05) is 17.7 Å². The third kappa shape index (κ3) is 4.67. The Morgan fingerprint density at radius 2 is 2.25 bits per heavy atom. The van der Waals surface area contributed by atoms with Crippen molar-refractivity contribution in [1.82, 2.24) is 10.2 Å². The van der Waals surface area contributed by atoms with Crippen LogP contribution in [0.2, 0.25) is 0 Å². The number of carbonyl (C=O) groups is 2. The lowest BCUT2D eigenvalue weighted by Crippen LogP contribution is -2.45. The highest BCUT2D eigenvalue weighted by molar-refractivity contribution is 5.94. The zero-order chi connectivity index (χ0) is 17.5. The van der Waals surface area contributed by atoms with Crippen molar-refractivity contribution in [3.8, 4) is 6.07 Å². The molecule has 1 aliphatic heterocycles. The van der Waals surface area contributed by atoms with Gasteiger partial charge in [0.2, 0.25) is 5.91 Å². The predicted octanol–water partition coefficient (Wildman–Crippen LogP) is 1.18. The second kappa shape index (κ2) is 8.27. The van der Waals surface area contributed by atoms with Crippen molar-refractivity contribution in [3.63, 3.8) is 0 Å². The number of rotatable bonds is 6. The molecule has 0 saturated carbocycles. The first-order valence-corrected chi connectivity index (χ1v) is 8.01. The number of primary amides is 1. The summed E-state index contributed by atoms with van der Waals surface area (Å²) in [7, 11) is 0. The second-order valence-corrected chi connectivity index (χ2v) is 5.90. The molecule has 0 aliphatic carbocycles. The van der Waals surface area contributed by atoms with Crippen molar-refractivity contribution in [2.24, 2.45) is 5.73 Å². The van der Waals surface area contributed by atoms with Gasteiger partial charge in [-0.25, -0.2) is 0 Å². The Morgan fingerprint density at radius 1 is 1.46 bits per heavy atom. The first-order valence-electron chi connectivity index (χ1n) is 8.01. The molecule has 2 rings (SSSR count). The van der Waals surface area contributed by atoms with Crippen LogP contribution in [0.4, 0.5) is 0 Å². The second-order valence-electron chi connectivity index (χ2n) is 5.90. The SMILES string of the molecule is C[C@H](C(N)=O)N1CCC=C(CCNC(=O)c2cccc(C#N)c2)C1. The maximum atomic E-state index is 12.1. The molecule has 6 heteroatoms. The van der Waals surface area contributed by atoms with Gasteiger partial charge in [0.1, 0.15) is 0 Å². The van der Waals surface area contributed by atoms with E-state index in [0.29, 0.717) is 24.2 Å². The van der Waals surface area contributed by atoms with Gasteiger partial charge in [0, 0.05) is 25.2 Å². The molecule has 0 spiro atoms. The van der Waals surface area contributed by atoms with Gasteiger partial charge in [0.05, 0.1) is 17.7 Å². The van der Waals surface area contributed by atoms with Crippen LogP contribution in [-0.4, -0.2) is 42.4 Å². The molecule has 0 saturated heterocycles. The van der Waals surface area contributed by atoms with Crippen LogP contribution >= 0.6 is 0 Å². The summed E-state index contributed by atoms with van der Waals surface area (Å²) in [5.41, 5.74) is 7.50. The highest BCUT2D eigenvalue weighted by atomic mass is 16.2. The van der Waals surface area contributed by atoms with Crippen molar-refractivity contribution in [3.05, 3.63) is 47.0 Å². The molecule has 6 nitrogen and oxygen atoms in total. The van der Waals surface area contributed by atoms with Crippen LogP contribution in [0.1, 0.15) is 35.7 Å². The van der Waals surface area contributed by atoms with Gasteiger partial charge in [0.15, 0.2) is 0 Å². The average Bonchev–Trinajstić information content (AvgIpc) is 2.61. The summed E-state index contributed by atoms with van der Waals surface area (Å²) in [6.45, 7) is 3.85. The minimum Gasteiger partial charge on any atom is -0.368 e. The molecule has 1 atom stereocenters. The number of hydrogen-bond acceptors (Lipinski definition) is 4. The quantitative estimate of drug-likeness (QED) is 0.767. The number of carbonyl (C=O) groups excluding carboxylic acids is 2. The van der Waals surface area contributed by atoms with Gasteiger partial charge in [-0.05, 0) is 38.0 Å². The summed E-state index contributed by atoms with van der Waals surface area (Å²) in [6, 6.07) is 8.36. The van der Waals surface area contributed by atoms with Crippen LogP contribution in [-0.2, 0) is 4.79 Å². The minimum atomic E-state index is -0.318. The topological polar surface area (TPSA) is 99.2 Å². The average molecular weight is 326 g/mol. The smallest absolute Gasteiger partial charge is 0.251 e. The van der Waals surface area contributed by atoms with Gasteiger partial charge in [-0.3, -0.25) is 14.5 Å². The van der Waals surface area contributed by atoms with Crippen molar-refractivity contribution >= 4 is 11.8 Å². The van der Waals surface area contributed by atoms with Crippen LogP contribution in [0.25, 0.3) is 0 Å². The number of amides is 2. The molecular formula is C18H22N4O2. The summed E-state index contributed by atoms with van der Waals surface area (Å²) in [4.78, 5) is 25.5. The van der Waals surface area contributed by atoms with Gasteiger partial charge in [-0.15, -0.1) is 0 Å². The third-order valence-electron chi connectivity index (χ3n) is 4.20. The number of nitriles is 1. The van der Waals surface area contributed by atoms with E-state index >= 15 is 0 Å². The van der Waals surface area contributed by atoms with Crippen LogP contribution in [0, 0.1) is 11.3 Å². The standard InChI is InChI=1S/C18H22N4O2/c1-13(17(20)23)22-9-3-5-14(12-22)7-8-21-18(24)16-6-2-4-15(10-16)11-19/h2,4-6,10,13H,3,7-9,12H2,1H3,(H2,20,23)(H,21,24)/t13-/m1/s1. The summed E-state index contributed by atoms with van der Waals surface area (Å²) in [6.07, 6.45) is 3.77. The lowest BCUT2D eigenvalue weighted by atomic mass is 10.0. The molecule has 1 aromatic rings. The van der Waals surface area contributed by atoms with Gasteiger partial charge >= 0.3 is 0 Å². The Hall–Kier alpha value is -2.65. The van der Waals surface area contributed by atoms with Crippen LogP contribution in [0.5, 0.6) is 0 Å². The lowest BCUT2D eigenvalue weighted by Gasteiger charge is -2.31. The number of nitrogens with one attached hydrogen (secondary N) is 1. The Labute approximate surface area is 141 Å². The van der Waals surface area contributed by atoms with Gasteiger partial charge in [0.25, 0.3) is 5.91 Å². The zero-order valence-electron chi connectivity index (χ0n) is 13.8. The molecule has 24 heavy (non-hydrogen) atoms. The Bertz CT molecular complexity index is 691. The van der Waals surface area contributed by atoms with E-state index in [-0.39, 0.29) is 17.9 Å². The maximum Gasteiger partial charge on any atom is 0.251 e. The highest BCUT2D eigenvalue weighted by Gasteiger charge is 2.21. The van der Waals surface area contributed by atoms with Crippen molar-refractivity contribution in [1.29, 1.82) is 5.26 Å². The van der Waals surface area contributed by atoms with E-state index in [0.717, 1.165) is 19.4 Å². The Balaban J connectivity index is 1.83. The summed E-state index contributed by atoms with van der Waals surface area (Å²) in [5, 5.41) is 11.7. The molecule has 0 radical (unpaired) electrons. The first kappa shape index (κ1) is 17.7. The van der Waals surface area contributed by atoms with Crippen molar-refractivity contribution < 1.29 is 9.59 Å².